The maximum atomic E-state index is 11.6. The second kappa shape index (κ2) is 4.06. The number of fused-ring (bicyclic) bond motifs is 1. The minimum Gasteiger partial charge on any atom is -0.461 e. The number of rotatable bonds is 1. The molecule has 17 heavy (non-hydrogen) atoms. The summed E-state index contributed by atoms with van der Waals surface area (Å²) >= 11 is 5.76. The summed E-state index contributed by atoms with van der Waals surface area (Å²) in [6.45, 7) is 0. The number of nitrogens with zero attached hydrogens (tertiary/aromatic N) is 1. The Morgan fingerprint density at radius 3 is 2.88 bits per heavy atom. The van der Waals surface area contributed by atoms with Crippen molar-refractivity contribution in [3.8, 4) is 0 Å². The van der Waals surface area contributed by atoms with Crippen molar-refractivity contribution in [3.05, 3.63) is 39.3 Å². The first-order valence-electron chi connectivity index (χ1n) is 4.59. The van der Waals surface area contributed by atoms with Gasteiger partial charge in [0.2, 0.25) is 0 Å². The number of ether oxygens (including phenoxy) is 1. The van der Waals surface area contributed by atoms with Gasteiger partial charge in [-0.15, -0.1) is 0 Å². The van der Waals surface area contributed by atoms with E-state index in [9.17, 15) is 14.8 Å². The Labute approximate surface area is 100.0 Å². The number of hydrogen-bond donors (Lipinski definition) is 2. The van der Waals surface area contributed by atoms with Crippen LogP contribution in [0, 0.1) is 0 Å². The summed E-state index contributed by atoms with van der Waals surface area (Å²) in [5.74, 6) is -0.935. The van der Waals surface area contributed by atoms with Crippen molar-refractivity contribution < 1.29 is 19.5 Å². The van der Waals surface area contributed by atoms with Gasteiger partial charge in [0.25, 0.3) is 5.52 Å². The molecule has 6 nitrogen and oxygen atoms in total. The van der Waals surface area contributed by atoms with E-state index in [0.717, 1.165) is 7.11 Å². The fourth-order valence-electron chi connectivity index (χ4n) is 1.46. The first kappa shape index (κ1) is 11.4. The summed E-state index contributed by atoms with van der Waals surface area (Å²) in [5.41, 5.74) is -0.691. The minimum absolute atomic E-state index is 0.206. The van der Waals surface area contributed by atoms with E-state index in [0.29, 0.717) is 15.3 Å². The number of carbonyl (C=O) groups excluding carboxylic acids is 1. The molecule has 1 heterocycles. The first-order valence-corrected chi connectivity index (χ1v) is 4.97. The Kier molecular flexibility index (Phi) is 2.72. The fraction of sp³-hybridized carbons (Fsp3) is 0.100. The van der Waals surface area contributed by atoms with E-state index in [2.05, 4.69) is 9.72 Å². The highest BCUT2D eigenvalue weighted by Gasteiger charge is 2.29. The Morgan fingerprint density at radius 1 is 1.53 bits per heavy atom. The summed E-state index contributed by atoms with van der Waals surface area (Å²) in [4.78, 5) is 25.3. The predicted molar refractivity (Wildman–Crippen MR) is 58.3 cm³/mol. The van der Waals surface area contributed by atoms with Gasteiger partial charge in [0.05, 0.1) is 7.11 Å². The Bertz CT molecular complexity index is 665. The molecule has 0 bridgehead atoms. The van der Waals surface area contributed by atoms with E-state index < -0.39 is 17.2 Å². The van der Waals surface area contributed by atoms with Gasteiger partial charge in [0.1, 0.15) is 5.52 Å². The summed E-state index contributed by atoms with van der Waals surface area (Å²) in [6.07, 6.45) is 0. The highest BCUT2D eigenvalue weighted by molar-refractivity contribution is 6.31. The number of aromatic amines is 1. The van der Waals surface area contributed by atoms with Crippen LogP contribution >= 0.6 is 11.6 Å². The van der Waals surface area contributed by atoms with E-state index in [-0.39, 0.29) is 5.52 Å². The summed E-state index contributed by atoms with van der Waals surface area (Å²) in [7, 11) is 1.12. The molecule has 1 aromatic heterocycles. The van der Waals surface area contributed by atoms with Gasteiger partial charge in [0.15, 0.2) is 0 Å². The molecule has 2 rings (SSSR count). The highest BCUT2D eigenvalue weighted by Crippen LogP contribution is 2.13. The second-order valence-electron chi connectivity index (χ2n) is 3.27. The number of nitrogens with one attached hydrogen (secondary N) is 1. The Morgan fingerprint density at radius 2 is 2.24 bits per heavy atom. The second-order valence-corrected chi connectivity index (χ2v) is 3.70. The van der Waals surface area contributed by atoms with Crippen LogP contribution in [-0.2, 0) is 4.74 Å². The third-order valence-corrected chi connectivity index (χ3v) is 2.48. The van der Waals surface area contributed by atoms with Gasteiger partial charge in [-0.1, -0.05) is 11.6 Å². The van der Waals surface area contributed by atoms with Gasteiger partial charge >= 0.3 is 17.2 Å². The number of benzene rings is 1. The lowest BCUT2D eigenvalue weighted by Crippen LogP contribution is -2.45. The van der Waals surface area contributed by atoms with E-state index >= 15 is 0 Å². The Hall–Kier alpha value is -2.08. The number of aromatic nitrogens is 2. The topological polar surface area (TPSA) is 83.3 Å². The molecule has 1 aromatic carbocycles. The molecule has 0 aliphatic rings. The molecule has 0 fully saturated rings. The quantitative estimate of drug-likeness (QED) is 0.441. The normalized spacial score (nSPS) is 10.5. The molecule has 0 atom stereocenters. The van der Waals surface area contributed by atoms with Crippen LogP contribution in [0.3, 0.4) is 0 Å². The lowest BCUT2D eigenvalue weighted by molar-refractivity contribution is -0.886. The van der Waals surface area contributed by atoms with Gasteiger partial charge in [-0.25, -0.2) is 4.79 Å². The SMILES string of the molecule is COC(=O)c1c(=O)[nH]c2ccc(Cl)cc2[n+]1O. The molecule has 2 N–H and O–H groups in total. The van der Waals surface area contributed by atoms with Gasteiger partial charge in [-0.2, -0.15) is 0 Å². The molecular weight excluding hydrogens is 248 g/mol. The molecule has 7 heteroatoms. The lowest BCUT2D eigenvalue weighted by Gasteiger charge is -1.98. The van der Waals surface area contributed by atoms with Gasteiger partial charge in [-0.05, 0) is 12.1 Å². The molecule has 88 valence electrons. The summed E-state index contributed by atoms with van der Waals surface area (Å²) in [6, 6.07) is 4.49. The smallest absolute Gasteiger partial charge is 0.414 e. The van der Waals surface area contributed by atoms with Crippen molar-refractivity contribution in [1.82, 2.24) is 4.98 Å². The molecular formula is C10H8ClN2O4+. The van der Waals surface area contributed by atoms with Crippen molar-refractivity contribution in [2.24, 2.45) is 0 Å². The predicted octanol–water partition coefficient (Wildman–Crippen LogP) is 0.493. The van der Waals surface area contributed by atoms with E-state index in [1.165, 1.54) is 12.1 Å². The van der Waals surface area contributed by atoms with Crippen LogP contribution in [0.15, 0.2) is 23.0 Å². The molecule has 0 aliphatic carbocycles. The standard InChI is InChI=1S/C10H7ClN2O4/c1-17-10(15)8-9(14)12-6-3-2-5(11)4-7(6)13(8)16/h2-4H,1H3,(H-,12,14,15,16)/p+1. The van der Waals surface area contributed by atoms with Crippen LogP contribution in [0.2, 0.25) is 5.02 Å². The van der Waals surface area contributed by atoms with Crippen LogP contribution in [0.4, 0.5) is 0 Å². The van der Waals surface area contributed by atoms with Gasteiger partial charge in [0, 0.05) is 15.8 Å². The lowest BCUT2D eigenvalue weighted by atomic mass is 10.3. The average Bonchev–Trinajstić information content (AvgIpc) is 2.30. The molecule has 0 saturated heterocycles. The van der Waals surface area contributed by atoms with E-state index in [1.807, 2.05) is 0 Å². The summed E-state index contributed by atoms with van der Waals surface area (Å²) in [5, 5.41) is 10.2. The zero-order valence-electron chi connectivity index (χ0n) is 8.73. The number of esters is 1. The highest BCUT2D eigenvalue weighted by atomic mass is 35.5. The molecule has 0 aliphatic heterocycles. The van der Waals surface area contributed by atoms with Crippen LogP contribution in [0.25, 0.3) is 11.0 Å². The molecule has 0 spiro atoms. The van der Waals surface area contributed by atoms with Gasteiger partial charge < -0.3 is 9.72 Å². The van der Waals surface area contributed by atoms with Crippen LogP contribution in [0.1, 0.15) is 10.5 Å². The number of methoxy groups -OCH3 is 1. The minimum atomic E-state index is -0.935. The number of H-pyrrole nitrogens is 1. The fourth-order valence-corrected chi connectivity index (χ4v) is 1.63. The third kappa shape index (κ3) is 1.83. The van der Waals surface area contributed by atoms with Crippen molar-refractivity contribution in [2.75, 3.05) is 7.11 Å². The molecule has 0 amide bonds. The van der Waals surface area contributed by atoms with E-state index in [1.54, 1.807) is 6.07 Å². The number of halogens is 1. The zero-order chi connectivity index (χ0) is 12.6. The van der Waals surface area contributed by atoms with Crippen molar-refractivity contribution >= 4 is 28.6 Å². The largest absolute Gasteiger partial charge is 0.461 e. The van der Waals surface area contributed by atoms with Crippen molar-refractivity contribution in [3.63, 3.8) is 0 Å². The number of hydrogen-bond acceptors (Lipinski definition) is 4. The maximum Gasteiger partial charge on any atom is 0.414 e. The Balaban J connectivity index is 2.87. The maximum absolute atomic E-state index is 11.6. The first-order chi connectivity index (χ1) is 8.04. The van der Waals surface area contributed by atoms with Crippen molar-refractivity contribution in [2.45, 2.75) is 0 Å². The van der Waals surface area contributed by atoms with Crippen LogP contribution in [0.5, 0.6) is 0 Å². The average molecular weight is 256 g/mol. The zero-order valence-corrected chi connectivity index (χ0v) is 9.49. The molecule has 0 saturated carbocycles. The summed E-state index contributed by atoms with van der Waals surface area (Å²) < 4.78 is 4.87. The van der Waals surface area contributed by atoms with Crippen molar-refractivity contribution in [1.29, 1.82) is 0 Å². The van der Waals surface area contributed by atoms with Crippen LogP contribution < -0.4 is 10.3 Å². The molecule has 0 unspecified atom stereocenters. The third-order valence-electron chi connectivity index (χ3n) is 2.24. The van der Waals surface area contributed by atoms with E-state index in [4.69, 9.17) is 11.6 Å². The molecule has 2 aromatic rings. The number of carbonyl (C=O) groups is 1. The van der Waals surface area contributed by atoms with Crippen LogP contribution in [-0.4, -0.2) is 23.3 Å². The van der Waals surface area contributed by atoms with Gasteiger partial charge in [-0.3, -0.25) is 10.0 Å². The molecule has 0 radical (unpaired) electrons. The monoisotopic (exact) mass is 255 g/mol.